The van der Waals surface area contributed by atoms with E-state index >= 15 is 0 Å². The second-order valence-electron chi connectivity index (χ2n) is 4.21. The number of aryl methyl sites for hydroxylation is 1. The molecular formula is C13H13N3O5. The molecule has 4 N–H and O–H groups in total. The van der Waals surface area contributed by atoms with Gasteiger partial charge in [0.05, 0.1) is 12.7 Å². The van der Waals surface area contributed by atoms with Gasteiger partial charge >= 0.3 is 12.0 Å². The van der Waals surface area contributed by atoms with Gasteiger partial charge in [0.1, 0.15) is 17.1 Å². The highest BCUT2D eigenvalue weighted by Gasteiger charge is 2.11. The summed E-state index contributed by atoms with van der Waals surface area (Å²) in [6.45, 7) is 1.84. The van der Waals surface area contributed by atoms with Gasteiger partial charge in [-0.1, -0.05) is 0 Å². The summed E-state index contributed by atoms with van der Waals surface area (Å²) >= 11 is 0. The molecule has 8 heteroatoms. The zero-order valence-corrected chi connectivity index (χ0v) is 11.1. The van der Waals surface area contributed by atoms with Crippen LogP contribution in [0.2, 0.25) is 0 Å². The third-order valence-corrected chi connectivity index (χ3v) is 2.55. The predicted octanol–water partition coefficient (Wildman–Crippen LogP) is 1.71. The first kappa shape index (κ1) is 14.4. The zero-order valence-electron chi connectivity index (χ0n) is 11.1. The Balaban J connectivity index is 1.96. The number of nitrogens with one attached hydrogen (secondary N) is 2. The molecule has 2 rings (SSSR count). The van der Waals surface area contributed by atoms with Gasteiger partial charge < -0.3 is 25.3 Å². The van der Waals surface area contributed by atoms with Crippen LogP contribution in [0, 0.1) is 6.92 Å². The molecule has 0 bridgehead atoms. The molecular weight excluding hydrogens is 278 g/mol. The van der Waals surface area contributed by atoms with E-state index in [4.69, 9.17) is 9.52 Å². The van der Waals surface area contributed by atoms with Crippen molar-refractivity contribution in [2.24, 2.45) is 0 Å². The molecule has 0 unspecified atom stereocenters. The van der Waals surface area contributed by atoms with Crippen LogP contribution < -0.4 is 10.6 Å². The van der Waals surface area contributed by atoms with E-state index in [1.807, 2.05) is 0 Å². The highest BCUT2D eigenvalue weighted by atomic mass is 16.4. The number of urea groups is 1. The number of rotatable bonds is 4. The average molecular weight is 291 g/mol. The van der Waals surface area contributed by atoms with Crippen molar-refractivity contribution in [3.8, 4) is 5.75 Å². The summed E-state index contributed by atoms with van der Waals surface area (Å²) in [5, 5.41) is 23.2. The minimum Gasteiger partial charge on any atom is -0.507 e. The van der Waals surface area contributed by atoms with Crippen LogP contribution in [0.3, 0.4) is 0 Å². The maximum atomic E-state index is 11.7. The minimum atomic E-state index is -1.29. The normalized spacial score (nSPS) is 10.1. The van der Waals surface area contributed by atoms with Gasteiger partial charge in [0.15, 0.2) is 0 Å². The molecule has 0 aliphatic carbocycles. The van der Waals surface area contributed by atoms with Crippen molar-refractivity contribution in [1.82, 2.24) is 10.3 Å². The van der Waals surface area contributed by atoms with Crippen LogP contribution in [0.15, 0.2) is 28.8 Å². The van der Waals surface area contributed by atoms with E-state index in [0.717, 1.165) is 6.07 Å². The number of hydrogen-bond acceptors (Lipinski definition) is 5. The van der Waals surface area contributed by atoms with Crippen LogP contribution in [-0.4, -0.2) is 27.2 Å². The van der Waals surface area contributed by atoms with Crippen LogP contribution in [0.1, 0.15) is 22.0 Å². The maximum Gasteiger partial charge on any atom is 0.339 e. The molecule has 2 amide bonds. The minimum absolute atomic E-state index is 0.101. The zero-order chi connectivity index (χ0) is 15.4. The number of amides is 2. The second-order valence-corrected chi connectivity index (χ2v) is 4.21. The summed E-state index contributed by atoms with van der Waals surface area (Å²) in [5.74, 6) is -0.660. The van der Waals surface area contributed by atoms with Gasteiger partial charge in [-0.15, -0.1) is 0 Å². The van der Waals surface area contributed by atoms with E-state index in [1.165, 1.54) is 18.3 Å². The standard InChI is InChI=1S/C13H13N3O5/c1-7-5-14-11(21-7)6-15-13(20)16-8-2-3-10(17)9(4-8)12(18)19/h2-5,17H,6H2,1H3,(H,18,19)(H2,15,16,20). The number of benzene rings is 1. The van der Waals surface area contributed by atoms with Crippen LogP contribution in [0.4, 0.5) is 10.5 Å². The quantitative estimate of drug-likeness (QED) is 0.635. The van der Waals surface area contributed by atoms with E-state index in [0.29, 0.717) is 11.7 Å². The topological polar surface area (TPSA) is 125 Å². The van der Waals surface area contributed by atoms with E-state index in [1.54, 1.807) is 6.92 Å². The van der Waals surface area contributed by atoms with Crippen molar-refractivity contribution in [1.29, 1.82) is 0 Å². The molecule has 0 aliphatic rings. The summed E-state index contributed by atoms with van der Waals surface area (Å²) in [5.41, 5.74) is -0.0533. The van der Waals surface area contributed by atoms with E-state index < -0.39 is 12.0 Å². The van der Waals surface area contributed by atoms with Gasteiger partial charge in [0.2, 0.25) is 5.89 Å². The number of anilines is 1. The number of nitrogens with zero attached hydrogens (tertiary/aromatic N) is 1. The molecule has 0 radical (unpaired) electrons. The number of carboxylic acids is 1. The Morgan fingerprint density at radius 3 is 2.76 bits per heavy atom. The number of oxazole rings is 1. The lowest BCUT2D eigenvalue weighted by atomic mass is 10.2. The Labute approximate surface area is 119 Å². The summed E-state index contributed by atoms with van der Waals surface area (Å²) in [4.78, 5) is 26.4. The molecule has 0 spiro atoms. The Bertz CT molecular complexity index is 680. The van der Waals surface area contributed by atoms with Crippen molar-refractivity contribution < 1.29 is 24.2 Å². The Morgan fingerprint density at radius 1 is 1.38 bits per heavy atom. The summed E-state index contributed by atoms with van der Waals surface area (Å²) in [7, 11) is 0. The Hall–Kier alpha value is -3.03. The van der Waals surface area contributed by atoms with Crippen molar-refractivity contribution in [2.45, 2.75) is 13.5 Å². The average Bonchev–Trinajstić information content (AvgIpc) is 2.84. The lowest BCUT2D eigenvalue weighted by Gasteiger charge is -2.07. The molecule has 1 heterocycles. The van der Waals surface area contributed by atoms with Crippen molar-refractivity contribution in [3.63, 3.8) is 0 Å². The fourth-order valence-electron chi connectivity index (χ4n) is 1.60. The number of aromatic hydroxyl groups is 1. The fraction of sp³-hybridized carbons (Fsp3) is 0.154. The van der Waals surface area contributed by atoms with E-state index in [2.05, 4.69) is 15.6 Å². The second kappa shape index (κ2) is 5.95. The number of aromatic carboxylic acids is 1. The highest BCUT2D eigenvalue weighted by molar-refractivity contribution is 5.95. The Kier molecular flexibility index (Phi) is 4.07. The number of aromatic nitrogens is 1. The number of phenols is 1. The molecule has 1 aromatic carbocycles. The third-order valence-electron chi connectivity index (χ3n) is 2.55. The fourth-order valence-corrected chi connectivity index (χ4v) is 1.60. The molecule has 8 nitrogen and oxygen atoms in total. The molecule has 0 aliphatic heterocycles. The van der Waals surface area contributed by atoms with E-state index in [-0.39, 0.29) is 23.5 Å². The maximum absolute atomic E-state index is 11.7. The summed E-state index contributed by atoms with van der Waals surface area (Å²) < 4.78 is 5.19. The molecule has 0 saturated carbocycles. The molecule has 0 fully saturated rings. The molecule has 0 atom stereocenters. The van der Waals surface area contributed by atoms with Crippen molar-refractivity contribution in [2.75, 3.05) is 5.32 Å². The molecule has 0 saturated heterocycles. The SMILES string of the molecule is Cc1cnc(CNC(=O)Nc2ccc(O)c(C(=O)O)c2)o1. The van der Waals surface area contributed by atoms with E-state index in [9.17, 15) is 14.7 Å². The number of carbonyl (C=O) groups excluding carboxylic acids is 1. The van der Waals surface area contributed by atoms with Gasteiger partial charge in [-0.3, -0.25) is 0 Å². The summed E-state index contributed by atoms with van der Waals surface area (Å²) in [6, 6.07) is 3.19. The molecule has 1 aromatic heterocycles. The number of hydrogen-bond donors (Lipinski definition) is 4. The van der Waals surface area contributed by atoms with Crippen molar-refractivity contribution >= 4 is 17.7 Å². The van der Waals surface area contributed by atoms with Crippen LogP contribution in [-0.2, 0) is 6.54 Å². The first-order chi connectivity index (χ1) is 9.95. The van der Waals surface area contributed by atoms with Gasteiger partial charge in [0.25, 0.3) is 0 Å². The molecule has 2 aromatic rings. The number of carboxylic acid groups (broad SMARTS) is 1. The van der Waals surface area contributed by atoms with Crippen LogP contribution in [0.25, 0.3) is 0 Å². The van der Waals surface area contributed by atoms with Gasteiger partial charge in [-0.25, -0.2) is 14.6 Å². The van der Waals surface area contributed by atoms with Crippen molar-refractivity contribution in [3.05, 3.63) is 41.6 Å². The van der Waals surface area contributed by atoms with Gasteiger partial charge in [0, 0.05) is 5.69 Å². The van der Waals surface area contributed by atoms with Crippen LogP contribution in [0.5, 0.6) is 5.75 Å². The first-order valence-electron chi connectivity index (χ1n) is 5.98. The molecule has 21 heavy (non-hydrogen) atoms. The lowest BCUT2D eigenvalue weighted by molar-refractivity contribution is 0.0693. The largest absolute Gasteiger partial charge is 0.507 e. The Morgan fingerprint density at radius 2 is 2.14 bits per heavy atom. The van der Waals surface area contributed by atoms with Gasteiger partial charge in [-0.2, -0.15) is 0 Å². The molecule has 110 valence electrons. The smallest absolute Gasteiger partial charge is 0.339 e. The lowest BCUT2D eigenvalue weighted by Crippen LogP contribution is -2.28. The highest BCUT2D eigenvalue weighted by Crippen LogP contribution is 2.21. The third kappa shape index (κ3) is 3.72. The predicted molar refractivity (Wildman–Crippen MR) is 72.2 cm³/mol. The number of carbonyl (C=O) groups is 2. The van der Waals surface area contributed by atoms with Gasteiger partial charge in [-0.05, 0) is 25.1 Å². The summed E-state index contributed by atoms with van der Waals surface area (Å²) in [6.07, 6.45) is 1.54. The monoisotopic (exact) mass is 291 g/mol. The first-order valence-corrected chi connectivity index (χ1v) is 5.98. The van der Waals surface area contributed by atoms with Crippen LogP contribution >= 0.6 is 0 Å².